The van der Waals surface area contributed by atoms with Crippen LogP contribution >= 0.6 is 0 Å². The summed E-state index contributed by atoms with van der Waals surface area (Å²) in [6.07, 6.45) is 0. The lowest BCUT2D eigenvalue weighted by Crippen LogP contribution is -2.31. The molecule has 0 amide bonds. The summed E-state index contributed by atoms with van der Waals surface area (Å²) >= 11 is 0. The summed E-state index contributed by atoms with van der Waals surface area (Å²) in [5, 5.41) is 8.85. The number of sulfonamides is 1. The van der Waals surface area contributed by atoms with Gasteiger partial charge < -0.3 is 14.6 Å². The van der Waals surface area contributed by atoms with Gasteiger partial charge in [0, 0.05) is 0 Å². The Labute approximate surface area is 121 Å². The van der Waals surface area contributed by atoms with Gasteiger partial charge in [-0.2, -0.15) is 4.72 Å². The molecule has 2 N–H and O–H groups in total. The quantitative estimate of drug-likeness (QED) is 0.691. The Hall–Kier alpha value is -2.13. The third-order valence-corrected chi connectivity index (χ3v) is 3.85. The number of nitrogens with one attached hydrogen (secondary N) is 1. The van der Waals surface area contributed by atoms with Crippen molar-refractivity contribution in [2.24, 2.45) is 0 Å². The Morgan fingerprint density at radius 3 is 2.52 bits per heavy atom. The zero-order valence-corrected chi connectivity index (χ0v) is 12.3. The number of esters is 1. The van der Waals surface area contributed by atoms with E-state index in [4.69, 9.17) is 9.84 Å². The van der Waals surface area contributed by atoms with Gasteiger partial charge in [0.1, 0.15) is 17.2 Å². The zero-order valence-electron chi connectivity index (χ0n) is 11.5. The fraction of sp³-hybridized carbons (Fsp3) is 0.333. The Kier molecular flexibility index (Phi) is 5.68. The summed E-state index contributed by atoms with van der Waals surface area (Å²) in [6.45, 7) is 1.21. The molecule has 1 aromatic rings. The van der Waals surface area contributed by atoms with Gasteiger partial charge in [-0.25, -0.2) is 13.2 Å². The van der Waals surface area contributed by atoms with E-state index in [1.54, 1.807) is 6.92 Å². The third-order valence-electron chi connectivity index (χ3n) is 2.41. The van der Waals surface area contributed by atoms with Crippen LogP contribution in [0.2, 0.25) is 0 Å². The molecule has 1 aromatic carbocycles. The Balaban J connectivity index is 3.02. The maximum atomic E-state index is 12.1. The number of rotatable bonds is 7. The highest BCUT2D eigenvalue weighted by Gasteiger charge is 2.22. The molecule has 0 atom stereocenters. The topological polar surface area (TPSA) is 119 Å². The van der Waals surface area contributed by atoms with Gasteiger partial charge >= 0.3 is 11.9 Å². The van der Waals surface area contributed by atoms with Crippen LogP contribution in [0.5, 0.6) is 5.75 Å². The molecule has 0 radical (unpaired) electrons. The molecule has 0 spiro atoms. The van der Waals surface area contributed by atoms with Crippen LogP contribution in [0.25, 0.3) is 0 Å². The van der Waals surface area contributed by atoms with Crippen molar-refractivity contribution < 1.29 is 32.6 Å². The molecule has 0 unspecified atom stereocenters. The summed E-state index contributed by atoms with van der Waals surface area (Å²) in [6, 6.07) is 3.31. The van der Waals surface area contributed by atoms with Gasteiger partial charge in [-0.3, -0.25) is 4.79 Å². The molecule has 0 saturated heterocycles. The van der Waals surface area contributed by atoms with Crippen molar-refractivity contribution in [3.05, 3.63) is 23.8 Å². The van der Waals surface area contributed by atoms with Crippen molar-refractivity contribution in [2.75, 3.05) is 20.3 Å². The third kappa shape index (κ3) is 4.43. The second-order valence-electron chi connectivity index (χ2n) is 3.80. The second-order valence-corrected chi connectivity index (χ2v) is 5.54. The molecule has 116 valence electrons. The van der Waals surface area contributed by atoms with Crippen molar-refractivity contribution in [1.29, 1.82) is 0 Å². The van der Waals surface area contributed by atoms with Crippen molar-refractivity contribution in [3.8, 4) is 5.75 Å². The molecule has 0 aliphatic carbocycles. The standard InChI is InChI=1S/C12H15NO7S/c1-3-20-11(14)7-13-21(17,18)10-5-4-8(12(15)16)6-9(10)19-2/h4-6,13H,3,7H2,1-2H3,(H,15,16). The molecule has 21 heavy (non-hydrogen) atoms. The first kappa shape index (κ1) is 16.9. The molecule has 9 heteroatoms. The monoisotopic (exact) mass is 317 g/mol. The van der Waals surface area contributed by atoms with Gasteiger partial charge in [0.2, 0.25) is 10.0 Å². The maximum Gasteiger partial charge on any atom is 0.335 e. The highest BCUT2D eigenvalue weighted by molar-refractivity contribution is 7.89. The molecule has 8 nitrogen and oxygen atoms in total. The molecule has 0 fully saturated rings. The lowest BCUT2D eigenvalue weighted by molar-refractivity contribution is -0.141. The van der Waals surface area contributed by atoms with Crippen LogP contribution in [0, 0.1) is 0 Å². The Morgan fingerprint density at radius 1 is 1.33 bits per heavy atom. The Bertz CT molecular complexity index is 639. The minimum atomic E-state index is -4.03. The van der Waals surface area contributed by atoms with Crippen molar-refractivity contribution in [1.82, 2.24) is 4.72 Å². The van der Waals surface area contributed by atoms with E-state index in [0.29, 0.717) is 0 Å². The number of carboxylic acids is 1. The smallest absolute Gasteiger partial charge is 0.335 e. The second kappa shape index (κ2) is 7.04. The average Bonchev–Trinajstić information content (AvgIpc) is 2.44. The molecule has 1 rings (SSSR count). The van der Waals surface area contributed by atoms with Crippen LogP contribution in [0.3, 0.4) is 0 Å². The highest BCUT2D eigenvalue weighted by atomic mass is 32.2. The number of carbonyl (C=O) groups is 2. The summed E-state index contributed by atoms with van der Waals surface area (Å²) in [5.74, 6) is -2.06. The molecule has 0 heterocycles. The average molecular weight is 317 g/mol. The predicted molar refractivity (Wildman–Crippen MR) is 71.8 cm³/mol. The number of carboxylic acid groups (broad SMARTS) is 1. The van der Waals surface area contributed by atoms with Crippen molar-refractivity contribution in [2.45, 2.75) is 11.8 Å². The molecular weight excluding hydrogens is 302 g/mol. The largest absolute Gasteiger partial charge is 0.495 e. The first-order valence-corrected chi connectivity index (χ1v) is 7.36. The number of hydrogen-bond acceptors (Lipinski definition) is 6. The fourth-order valence-electron chi connectivity index (χ4n) is 1.47. The van der Waals surface area contributed by atoms with Gasteiger partial charge in [0.05, 0.1) is 19.3 Å². The van der Waals surface area contributed by atoms with Gasteiger partial charge in [0.15, 0.2) is 0 Å². The fourth-order valence-corrected chi connectivity index (χ4v) is 2.58. The normalized spacial score (nSPS) is 11.0. The minimum Gasteiger partial charge on any atom is -0.495 e. The number of ether oxygens (including phenoxy) is 2. The first-order chi connectivity index (χ1) is 9.81. The van der Waals surface area contributed by atoms with E-state index >= 15 is 0 Å². The van der Waals surface area contributed by atoms with Crippen LogP contribution in [0.15, 0.2) is 23.1 Å². The van der Waals surface area contributed by atoms with Crippen LogP contribution < -0.4 is 9.46 Å². The van der Waals surface area contributed by atoms with Crippen molar-refractivity contribution in [3.63, 3.8) is 0 Å². The van der Waals surface area contributed by atoms with Gasteiger partial charge in [0.25, 0.3) is 0 Å². The number of aromatic carboxylic acids is 1. The summed E-state index contributed by atoms with van der Waals surface area (Å²) in [7, 11) is -2.81. The Morgan fingerprint density at radius 2 is 2.00 bits per heavy atom. The maximum absolute atomic E-state index is 12.1. The van der Waals surface area contributed by atoms with Crippen molar-refractivity contribution >= 4 is 22.0 Å². The molecule has 0 bridgehead atoms. The van der Waals surface area contributed by atoms with E-state index in [1.165, 1.54) is 7.11 Å². The van der Waals surface area contributed by atoms with E-state index in [2.05, 4.69) is 9.46 Å². The number of hydrogen-bond donors (Lipinski definition) is 2. The first-order valence-electron chi connectivity index (χ1n) is 5.88. The number of benzene rings is 1. The molecule has 0 aliphatic heterocycles. The van der Waals surface area contributed by atoms with E-state index in [-0.39, 0.29) is 22.8 Å². The predicted octanol–water partition coefficient (Wildman–Crippen LogP) is 0.235. The summed E-state index contributed by atoms with van der Waals surface area (Å²) < 4.78 is 35.6. The lowest BCUT2D eigenvalue weighted by Gasteiger charge is -2.11. The molecule has 0 saturated carbocycles. The zero-order chi connectivity index (χ0) is 16.0. The minimum absolute atomic E-state index is 0.115. The lowest BCUT2D eigenvalue weighted by atomic mass is 10.2. The summed E-state index contributed by atoms with van der Waals surface area (Å²) in [4.78, 5) is 21.7. The highest BCUT2D eigenvalue weighted by Crippen LogP contribution is 2.24. The van der Waals surface area contributed by atoms with E-state index in [1.807, 2.05) is 0 Å². The number of methoxy groups -OCH3 is 1. The van der Waals surface area contributed by atoms with Gasteiger partial charge in [-0.15, -0.1) is 0 Å². The summed E-state index contributed by atoms with van der Waals surface area (Å²) in [5.41, 5.74) is -0.115. The van der Waals surface area contributed by atoms with E-state index < -0.39 is 28.5 Å². The molecule has 0 aromatic heterocycles. The van der Waals surface area contributed by atoms with Gasteiger partial charge in [-0.05, 0) is 25.1 Å². The molecule has 0 aliphatic rings. The van der Waals surface area contributed by atoms with Crippen LogP contribution in [-0.2, 0) is 19.6 Å². The van der Waals surface area contributed by atoms with E-state index in [9.17, 15) is 18.0 Å². The molecular formula is C12H15NO7S. The van der Waals surface area contributed by atoms with Gasteiger partial charge in [-0.1, -0.05) is 0 Å². The SMILES string of the molecule is CCOC(=O)CNS(=O)(=O)c1ccc(C(=O)O)cc1OC. The van der Waals surface area contributed by atoms with Crippen LogP contribution in [0.4, 0.5) is 0 Å². The van der Waals surface area contributed by atoms with Crippen LogP contribution in [0.1, 0.15) is 17.3 Å². The number of carbonyl (C=O) groups excluding carboxylic acids is 1. The van der Waals surface area contributed by atoms with E-state index in [0.717, 1.165) is 18.2 Å². The van der Waals surface area contributed by atoms with Crippen LogP contribution in [-0.4, -0.2) is 45.7 Å².